The van der Waals surface area contributed by atoms with Crippen LogP contribution in [0.15, 0.2) is 48.7 Å². The molecule has 154 valence electrons. The van der Waals surface area contributed by atoms with E-state index < -0.39 is 23.6 Å². The van der Waals surface area contributed by atoms with Crippen molar-refractivity contribution in [2.24, 2.45) is 5.92 Å². The van der Waals surface area contributed by atoms with Crippen molar-refractivity contribution in [1.82, 2.24) is 14.8 Å². The number of benzene rings is 1. The lowest BCUT2D eigenvalue weighted by Gasteiger charge is -2.35. The van der Waals surface area contributed by atoms with Gasteiger partial charge in [0.15, 0.2) is 0 Å². The number of aliphatic carboxylic acids is 1. The summed E-state index contributed by atoms with van der Waals surface area (Å²) in [5.74, 6) is -2.92. The highest BCUT2D eigenvalue weighted by Crippen LogP contribution is 2.16. The lowest BCUT2D eigenvalue weighted by Crippen LogP contribution is -2.48. The minimum absolute atomic E-state index is 0.0600. The van der Waals surface area contributed by atoms with Gasteiger partial charge < -0.3 is 10.4 Å². The third kappa shape index (κ3) is 6.33. The monoisotopic (exact) mass is 400 g/mol. The summed E-state index contributed by atoms with van der Waals surface area (Å²) in [6.45, 7) is 4.13. The molecular weight excluding hydrogens is 375 g/mol. The average Bonchev–Trinajstić information content (AvgIpc) is 2.71. The van der Waals surface area contributed by atoms with Gasteiger partial charge in [0, 0.05) is 51.9 Å². The Labute approximate surface area is 169 Å². The van der Waals surface area contributed by atoms with Crippen molar-refractivity contribution < 1.29 is 19.1 Å². The standard InChI is InChI=1S/C21H25FN4O3/c22-18-6-1-2-7-19(18)24-20(27)13-16(21(28)29)14-25-9-11-26(12-10-25)15-17-5-3-4-8-23-17/h1-8,16H,9-15H2,(H,24,27)(H,28,29). The summed E-state index contributed by atoms with van der Waals surface area (Å²) in [5.41, 5.74) is 1.07. The molecule has 2 heterocycles. The zero-order valence-corrected chi connectivity index (χ0v) is 16.1. The fourth-order valence-electron chi connectivity index (χ4n) is 3.38. The molecule has 1 aromatic heterocycles. The molecule has 2 N–H and O–H groups in total. The predicted octanol–water partition coefficient (Wildman–Crippen LogP) is 2.07. The van der Waals surface area contributed by atoms with E-state index in [1.54, 1.807) is 12.3 Å². The number of halogens is 1. The molecule has 7 nitrogen and oxygen atoms in total. The smallest absolute Gasteiger partial charge is 0.308 e. The van der Waals surface area contributed by atoms with Crippen LogP contribution in [0.2, 0.25) is 0 Å². The van der Waals surface area contributed by atoms with Crippen molar-refractivity contribution in [3.05, 3.63) is 60.2 Å². The maximum absolute atomic E-state index is 13.7. The molecule has 0 spiro atoms. The molecule has 1 amide bonds. The first kappa shape index (κ1) is 20.9. The summed E-state index contributed by atoms with van der Waals surface area (Å²) in [7, 11) is 0. The van der Waals surface area contributed by atoms with Crippen LogP contribution in [0.4, 0.5) is 10.1 Å². The van der Waals surface area contributed by atoms with Crippen molar-refractivity contribution in [2.45, 2.75) is 13.0 Å². The van der Waals surface area contributed by atoms with Crippen molar-refractivity contribution >= 4 is 17.6 Å². The van der Waals surface area contributed by atoms with Crippen molar-refractivity contribution in [3.63, 3.8) is 0 Å². The highest BCUT2D eigenvalue weighted by Gasteiger charge is 2.26. The van der Waals surface area contributed by atoms with Gasteiger partial charge in [0.2, 0.25) is 5.91 Å². The quantitative estimate of drug-likeness (QED) is 0.706. The molecule has 1 atom stereocenters. The first-order chi connectivity index (χ1) is 14.0. The third-order valence-electron chi connectivity index (χ3n) is 4.98. The lowest BCUT2D eigenvalue weighted by atomic mass is 10.0. The second-order valence-electron chi connectivity index (χ2n) is 7.17. The molecule has 29 heavy (non-hydrogen) atoms. The van der Waals surface area contributed by atoms with Gasteiger partial charge in [-0.05, 0) is 24.3 Å². The van der Waals surface area contributed by atoms with Crippen LogP contribution in [0, 0.1) is 11.7 Å². The number of anilines is 1. The summed E-state index contributed by atoms with van der Waals surface area (Å²) in [6, 6.07) is 11.7. The van der Waals surface area contributed by atoms with Crippen molar-refractivity contribution in [3.8, 4) is 0 Å². The molecule has 0 radical (unpaired) electrons. The van der Waals surface area contributed by atoms with Gasteiger partial charge in [0.05, 0.1) is 17.3 Å². The van der Waals surface area contributed by atoms with Crippen LogP contribution in [0.25, 0.3) is 0 Å². The van der Waals surface area contributed by atoms with Crippen LogP contribution in [0.3, 0.4) is 0 Å². The van der Waals surface area contributed by atoms with E-state index in [4.69, 9.17) is 0 Å². The zero-order chi connectivity index (χ0) is 20.6. The Morgan fingerprint density at radius 1 is 1.07 bits per heavy atom. The molecule has 0 saturated carbocycles. The predicted molar refractivity (Wildman–Crippen MR) is 107 cm³/mol. The van der Waals surface area contributed by atoms with E-state index >= 15 is 0 Å². The average molecular weight is 400 g/mol. The Morgan fingerprint density at radius 2 is 1.76 bits per heavy atom. The fourth-order valence-corrected chi connectivity index (χ4v) is 3.38. The Balaban J connectivity index is 1.47. The Hall–Kier alpha value is -2.84. The number of carboxylic acids is 1. The second-order valence-corrected chi connectivity index (χ2v) is 7.17. The number of nitrogens with one attached hydrogen (secondary N) is 1. The van der Waals surface area contributed by atoms with Crippen LogP contribution in [0.5, 0.6) is 0 Å². The Bertz CT molecular complexity index is 826. The highest BCUT2D eigenvalue weighted by atomic mass is 19.1. The largest absolute Gasteiger partial charge is 0.481 e. The maximum atomic E-state index is 13.7. The number of rotatable bonds is 8. The summed E-state index contributed by atoms with van der Waals surface area (Å²) < 4.78 is 13.7. The van der Waals surface area contributed by atoms with E-state index in [1.165, 1.54) is 18.2 Å². The number of amides is 1. The molecule has 1 unspecified atom stereocenters. The van der Waals surface area contributed by atoms with Crippen LogP contribution >= 0.6 is 0 Å². The minimum atomic E-state index is -1.02. The number of hydrogen-bond donors (Lipinski definition) is 2. The van der Waals surface area contributed by atoms with Gasteiger partial charge in [-0.25, -0.2) is 4.39 Å². The molecule has 1 aromatic carbocycles. The van der Waals surface area contributed by atoms with Gasteiger partial charge in [-0.3, -0.25) is 24.4 Å². The SMILES string of the molecule is O=C(CC(CN1CCN(Cc2ccccn2)CC1)C(=O)O)Nc1ccccc1F. The number of aromatic nitrogens is 1. The Morgan fingerprint density at radius 3 is 2.41 bits per heavy atom. The number of para-hydroxylation sites is 1. The molecule has 8 heteroatoms. The van der Waals surface area contributed by atoms with Gasteiger partial charge in [-0.15, -0.1) is 0 Å². The van der Waals surface area contributed by atoms with Gasteiger partial charge >= 0.3 is 5.97 Å². The zero-order valence-electron chi connectivity index (χ0n) is 16.1. The van der Waals surface area contributed by atoms with E-state index in [0.29, 0.717) is 0 Å². The molecule has 1 fully saturated rings. The molecule has 2 aromatic rings. The van der Waals surface area contributed by atoms with Gasteiger partial charge in [0.1, 0.15) is 5.82 Å². The molecule has 1 aliphatic heterocycles. The second kappa shape index (κ2) is 10.1. The van der Waals surface area contributed by atoms with Crippen molar-refractivity contribution in [1.29, 1.82) is 0 Å². The van der Waals surface area contributed by atoms with Crippen LogP contribution < -0.4 is 5.32 Å². The molecule has 0 bridgehead atoms. The molecule has 1 saturated heterocycles. The first-order valence-corrected chi connectivity index (χ1v) is 9.63. The van der Waals surface area contributed by atoms with Crippen LogP contribution in [0.1, 0.15) is 12.1 Å². The van der Waals surface area contributed by atoms with Gasteiger partial charge in [0.25, 0.3) is 0 Å². The van der Waals surface area contributed by atoms with Crippen LogP contribution in [-0.2, 0) is 16.1 Å². The number of pyridine rings is 1. The van der Waals surface area contributed by atoms with E-state index in [1.807, 2.05) is 18.2 Å². The molecule has 1 aliphatic rings. The number of carbonyl (C=O) groups is 2. The third-order valence-corrected chi connectivity index (χ3v) is 4.98. The summed E-state index contributed by atoms with van der Waals surface area (Å²) >= 11 is 0. The van der Waals surface area contributed by atoms with Gasteiger partial charge in [-0.1, -0.05) is 18.2 Å². The van der Waals surface area contributed by atoms with Crippen molar-refractivity contribution in [2.75, 3.05) is 38.0 Å². The molecule has 3 rings (SSSR count). The number of nitrogens with zero attached hydrogens (tertiary/aromatic N) is 3. The lowest BCUT2D eigenvalue weighted by molar-refractivity contribution is -0.144. The topological polar surface area (TPSA) is 85.8 Å². The molecular formula is C21H25FN4O3. The number of piperazine rings is 1. The number of hydrogen-bond acceptors (Lipinski definition) is 5. The Kier molecular flexibility index (Phi) is 7.26. The summed E-state index contributed by atoms with van der Waals surface area (Å²) in [6.07, 6.45) is 1.58. The van der Waals surface area contributed by atoms with Gasteiger partial charge in [-0.2, -0.15) is 0 Å². The first-order valence-electron chi connectivity index (χ1n) is 9.63. The van der Waals surface area contributed by atoms with E-state index in [-0.39, 0.29) is 18.7 Å². The van der Waals surface area contributed by atoms with Crippen LogP contribution in [-0.4, -0.2) is 64.5 Å². The summed E-state index contributed by atoms with van der Waals surface area (Å²) in [5, 5.41) is 12.0. The summed E-state index contributed by atoms with van der Waals surface area (Å²) in [4.78, 5) is 32.5. The van der Waals surface area contributed by atoms with E-state index in [0.717, 1.165) is 38.4 Å². The number of carbonyl (C=O) groups excluding carboxylic acids is 1. The number of carboxylic acid groups (broad SMARTS) is 1. The maximum Gasteiger partial charge on any atom is 0.308 e. The fraction of sp³-hybridized carbons (Fsp3) is 0.381. The normalized spacial score (nSPS) is 16.3. The van der Waals surface area contributed by atoms with E-state index in [9.17, 15) is 19.1 Å². The molecule has 0 aliphatic carbocycles. The van der Waals surface area contributed by atoms with E-state index in [2.05, 4.69) is 20.1 Å². The highest BCUT2D eigenvalue weighted by molar-refractivity contribution is 5.93. The minimum Gasteiger partial charge on any atom is -0.481 e.